The lowest BCUT2D eigenvalue weighted by Crippen LogP contribution is -2.24. The molecule has 0 atom stereocenters. The zero-order valence-corrected chi connectivity index (χ0v) is 35.1. The van der Waals surface area contributed by atoms with Crippen LogP contribution in [0.1, 0.15) is 58.8 Å². The lowest BCUT2D eigenvalue weighted by atomic mass is 9.93. The fraction of sp³-hybridized carbons (Fsp3) is 0.148. The van der Waals surface area contributed by atoms with Crippen molar-refractivity contribution in [2.24, 2.45) is 0 Å². The Balaban J connectivity index is 1.40. The Labute approximate surface area is 353 Å². The van der Waals surface area contributed by atoms with Crippen LogP contribution in [0.2, 0.25) is 0 Å². The minimum atomic E-state index is -0.304. The Kier molecular flexibility index (Phi) is 7.92. The molecule has 61 heavy (non-hydrogen) atoms. The van der Waals surface area contributed by atoms with E-state index < -0.39 is 0 Å². The fourth-order valence-electron chi connectivity index (χ4n) is 9.22. The monoisotopic (exact) mass is 789 g/mol. The molecule has 11 rings (SSSR count). The van der Waals surface area contributed by atoms with E-state index >= 15 is 0 Å². The number of hydrogen-bond donors (Lipinski definition) is 0. The quantitative estimate of drug-likeness (QED) is 0.178. The lowest BCUT2D eigenvalue weighted by molar-refractivity contribution is 0.497. The van der Waals surface area contributed by atoms with Gasteiger partial charge in [0.2, 0.25) is 0 Å². The third kappa shape index (κ3) is 5.45. The van der Waals surface area contributed by atoms with Gasteiger partial charge >= 0.3 is 0 Å². The van der Waals surface area contributed by atoms with Crippen LogP contribution < -0.4 is 0 Å². The second-order valence-corrected chi connectivity index (χ2v) is 18.0. The molecule has 4 heterocycles. The van der Waals surface area contributed by atoms with Gasteiger partial charge in [0, 0.05) is 60.1 Å². The lowest BCUT2D eigenvalue weighted by Gasteiger charge is -2.23. The van der Waals surface area contributed by atoms with E-state index in [2.05, 4.69) is 201 Å². The third-order valence-corrected chi connectivity index (χ3v) is 12.0. The van der Waals surface area contributed by atoms with Crippen LogP contribution in [0.25, 0.3) is 93.9 Å². The number of nitrogens with zero attached hydrogens (tertiary/aromatic N) is 7. The molecule has 0 spiro atoms. The molecule has 0 saturated carbocycles. The van der Waals surface area contributed by atoms with Crippen LogP contribution in [-0.2, 0) is 10.8 Å². The number of hydrogen-bond acceptors (Lipinski definition) is 4. The molecule has 11 aromatic rings. The number of rotatable bonds is 4. The van der Waals surface area contributed by atoms with Gasteiger partial charge in [-0.3, -0.25) is 0 Å². The number of nitriles is 1. The molecule has 4 aromatic heterocycles. The minimum absolute atomic E-state index is 0.304. The summed E-state index contributed by atoms with van der Waals surface area (Å²) in [6, 6.07) is 56.1. The van der Waals surface area contributed by atoms with Crippen molar-refractivity contribution in [1.29, 1.82) is 5.26 Å². The maximum atomic E-state index is 11.0. The van der Waals surface area contributed by atoms with Gasteiger partial charge in [-0.2, -0.15) is 5.26 Å². The molecule has 7 heteroatoms. The highest BCUT2D eigenvalue weighted by atomic mass is 15.1. The van der Waals surface area contributed by atoms with Crippen molar-refractivity contribution in [2.75, 3.05) is 0 Å². The maximum absolute atomic E-state index is 11.0. The third-order valence-electron chi connectivity index (χ3n) is 12.0. The van der Waals surface area contributed by atoms with Gasteiger partial charge in [0.05, 0.1) is 44.4 Å². The molecule has 0 bridgehead atoms. The summed E-state index contributed by atoms with van der Waals surface area (Å²) >= 11 is 0. The van der Waals surface area contributed by atoms with Crippen LogP contribution in [0.4, 0.5) is 0 Å². The topological polar surface area (TPSA) is 77.2 Å². The number of benzene rings is 7. The molecule has 0 radical (unpaired) electrons. The second kappa shape index (κ2) is 13.2. The number of fused-ring (bicyclic) bond motifs is 12. The van der Waals surface area contributed by atoms with Gasteiger partial charge in [-0.05, 0) is 60.7 Å². The Bertz CT molecular complexity index is 3500. The summed E-state index contributed by atoms with van der Waals surface area (Å²) in [5.74, 6) is 2.06. The molecule has 0 N–H and O–H groups in total. The summed E-state index contributed by atoms with van der Waals surface area (Å²) in [4.78, 5) is 15.2. The standard InChI is InChI=1S/C54H43N7/c1-53(2,3)51-56-50(57-52(58-51)54(4,5)6)33-29-30-34(32-55)43(31-33)61-42-28-18-15-25-39(42)46-48-44(37-23-13-16-26-40(37)59(48)35-19-9-7-10-20-35)47-45(49(46)61)38-24-14-17-27-41(38)60(47)36-21-11-8-12-22-36/h7-31H,1-6H3. The number of para-hydroxylation sites is 5. The van der Waals surface area contributed by atoms with Gasteiger partial charge in [0.1, 0.15) is 17.7 Å². The second-order valence-electron chi connectivity index (χ2n) is 18.0. The highest BCUT2D eigenvalue weighted by molar-refractivity contribution is 6.40. The molecular formula is C54H43N7. The zero-order valence-electron chi connectivity index (χ0n) is 35.1. The predicted octanol–water partition coefficient (Wildman–Crippen LogP) is 13.3. The molecule has 0 fully saturated rings. The predicted molar refractivity (Wildman–Crippen MR) is 250 cm³/mol. The smallest absolute Gasteiger partial charge is 0.163 e. The first-order chi connectivity index (χ1) is 29.5. The molecular weight excluding hydrogens is 747 g/mol. The molecule has 0 aliphatic carbocycles. The van der Waals surface area contributed by atoms with Crippen LogP contribution in [0.5, 0.6) is 0 Å². The summed E-state index contributed by atoms with van der Waals surface area (Å²) in [7, 11) is 0. The Morgan fingerprint density at radius 1 is 0.443 bits per heavy atom. The Hall–Kier alpha value is -7.56. The molecule has 7 nitrogen and oxygen atoms in total. The van der Waals surface area contributed by atoms with Gasteiger partial charge in [-0.1, -0.05) is 133 Å². The number of aromatic nitrogens is 6. The van der Waals surface area contributed by atoms with Crippen molar-refractivity contribution in [2.45, 2.75) is 52.4 Å². The summed E-state index contributed by atoms with van der Waals surface area (Å²) < 4.78 is 7.20. The highest BCUT2D eigenvalue weighted by Gasteiger charge is 2.30. The Morgan fingerprint density at radius 2 is 0.836 bits per heavy atom. The van der Waals surface area contributed by atoms with Crippen molar-refractivity contribution in [3.63, 3.8) is 0 Å². The van der Waals surface area contributed by atoms with Crippen LogP contribution in [-0.4, -0.2) is 28.7 Å². The van der Waals surface area contributed by atoms with Crippen LogP contribution in [0.15, 0.2) is 152 Å². The summed E-state index contributed by atoms with van der Waals surface area (Å²) in [5, 5.41) is 17.8. The van der Waals surface area contributed by atoms with Gasteiger partial charge in [0.25, 0.3) is 0 Å². The van der Waals surface area contributed by atoms with Crippen LogP contribution >= 0.6 is 0 Å². The molecule has 0 amide bonds. The zero-order chi connectivity index (χ0) is 41.8. The summed E-state index contributed by atoms with van der Waals surface area (Å²) in [6.45, 7) is 12.8. The molecule has 294 valence electrons. The first-order valence-electron chi connectivity index (χ1n) is 20.9. The van der Waals surface area contributed by atoms with Crippen molar-refractivity contribution >= 4 is 65.4 Å². The first kappa shape index (κ1) is 36.5. The molecule has 0 aliphatic rings. The summed E-state index contributed by atoms with van der Waals surface area (Å²) in [5.41, 5.74) is 10.2. The minimum Gasteiger partial charge on any atom is -0.308 e. The van der Waals surface area contributed by atoms with Crippen molar-refractivity contribution in [1.82, 2.24) is 28.7 Å². The van der Waals surface area contributed by atoms with E-state index in [0.717, 1.165) is 88.9 Å². The average molecular weight is 790 g/mol. The first-order valence-corrected chi connectivity index (χ1v) is 20.9. The van der Waals surface area contributed by atoms with Crippen molar-refractivity contribution in [3.8, 4) is 34.5 Å². The van der Waals surface area contributed by atoms with Crippen molar-refractivity contribution in [3.05, 3.63) is 169 Å². The summed E-state index contributed by atoms with van der Waals surface area (Å²) in [6.07, 6.45) is 0. The van der Waals surface area contributed by atoms with E-state index in [9.17, 15) is 5.26 Å². The van der Waals surface area contributed by atoms with Gasteiger partial charge in [-0.15, -0.1) is 0 Å². The van der Waals surface area contributed by atoms with Gasteiger partial charge in [-0.25, -0.2) is 15.0 Å². The van der Waals surface area contributed by atoms with E-state index in [0.29, 0.717) is 11.4 Å². The van der Waals surface area contributed by atoms with Crippen molar-refractivity contribution < 1.29 is 0 Å². The molecule has 7 aromatic carbocycles. The highest BCUT2D eigenvalue weighted by Crippen LogP contribution is 2.50. The van der Waals surface area contributed by atoms with Gasteiger partial charge < -0.3 is 13.7 Å². The average Bonchev–Trinajstić information content (AvgIpc) is 3.92. The van der Waals surface area contributed by atoms with Gasteiger partial charge in [0.15, 0.2) is 5.82 Å². The van der Waals surface area contributed by atoms with Crippen LogP contribution in [0, 0.1) is 11.3 Å². The molecule has 0 aliphatic heterocycles. The molecule has 0 saturated heterocycles. The largest absolute Gasteiger partial charge is 0.308 e. The Morgan fingerprint density at radius 3 is 1.26 bits per heavy atom. The normalized spacial score (nSPS) is 12.4. The van der Waals surface area contributed by atoms with E-state index in [1.807, 2.05) is 12.1 Å². The van der Waals surface area contributed by atoms with E-state index in [-0.39, 0.29) is 10.8 Å². The van der Waals surface area contributed by atoms with E-state index in [1.165, 1.54) is 10.8 Å². The maximum Gasteiger partial charge on any atom is 0.163 e. The molecule has 0 unspecified atom stereocenters. The fourth-order valence-corrected chi connectivity index (χ4v) is 9.22. The van der Waals surface area contributed by atoms with Crippen LogP contribution in [0.3, 0.4) is 0 Å². The van der Waals surface area contributed by atoms with E-state index in [4.69, 9.17) is 15.0 Å². The SMILES string of the molecule is CC(C)(C)c1nc(-c2ccc(C#N)c(-n3c4ccccc4c4c5c(c6ccccc6n5-c5ccccc5)c5c(c6ccccc6n5-c5ccccc5)c43)c2)nc(C(C)(C)C)n1. The van der Waals surface area contributed by atoms with E-state index in [1.54, 1.807) is 0 Å².